The maximum Gasteiger partial charge on any atom is 0.318 e. The number of urea groups is 1. The Morgan fingerprint density at radius 1 is 1.46 bits per heavy atom. The van der Waals surface area contributed by atoms with E-state index in [1.54, 1.807) is 11.8 Å². The lowest BCUT2D eigenvalue weighted by molar-refractivity contribution is 0.117. The minimum Gasteiger partial charge on any atom is -0.387 e. The van der Waals surface area contributed by atoms with Gasteiger partial charge in [-0.3, -0.25) is 0 Å². The zero-order valence-corrected chi connectivity index (χ0v) is 13.3. The van der Waals surface area contributed by atoms with Crippen molar-refractivity contribution >= 4 is 6.03 Å². The second kappa shape index (κ2) is 6.96. The van der Waals surface area contributed by atoms with Crippen LogP contribution in [0.25, 0.3) is 0 Å². The van der Waals surface area contributed by atoms with E-state index in [0.29, 0.717) is 17.3 Å². The number of hydrogen-bond donors (Lipinski definition) is 2. The molecule has 1 aliphatic carbocycles. The van der Waals surface area contributed by atoms with Gasteiger partial charge in [0.15, 0.2) is 5.82 Å². The first kappa shape index (κ1) is 16.4. The number of rotatable bonds is 6. The van der Waals surface area contributed by atoms with Crippen molar-refractivity contribution in [1.29, 1.82) is 0 Å². The van der Waals surface area contributed by atoms with Gasteiger partial charge in [-0.05, 0) is 30.5 Å². The van der Waals surface area contributed by atoms with Crippen LogP contribution in [0.1, 0.15) is 36.2 Å². The minimum atomic E-state index is -0.871. The summed E-state index contributed by atoms with van der Waals surface area (Å²) in [6.45, 7) is 1.98. The van der Waals surface area contributed by atoms with Crippen molar-refractivity contribution in [2.75, 3.05) is 6.54 Å². The van der Waals surface area contributed by atoms with Gasteiger partial charge >= 0.3 is 6.03 Å². The van der Waals surface area contributed by atoms with E-state index in [4.69, 9.17) is 4.52 Å². The van der Waals surface area contributed by atoms with Gasteiger partial charge in [0.05, 0.1) is 19.2 Å². The van der Waals surface area contributed by atoms with E-state index in [0.717, 1.165) is 12.8 Å². The lowest BCUT2D eigenvalue weighted by Gasteiger charge is -2.25. The molecule has 1 unspecified atom stereocenters. The summed E-state index contributed by atoms with van der Waals surface area (Å²) >= 11 is 0. The zero-order valence-electron chi connectivity index (χ0n) is 13.3. The van der Waals surface area contributed by atoms with E-state index < -0.39 is 6.10 Å². The van der Waals surface area contributed by atoms with Gasteiger partial charge in [-0.1, -0.05) is 17.3 Å². The smallest absolute Gasteiger partial charge is 0.318 e. The highest BCUT2D eigenvalue weighted by Gasteiger charge is 2.34. The summed E-state index contributed by atoms with van der Waals surface area (Å²) < 4.78 is 17.8. The molecule has 1 atom stereocenters. The summed E-state index contributed by atoms with van der Waals surface area (Å²) in [6.07, 6.45) is 0.944. The number of halogens is 1. The molecule has 1 saturated carbocycles. The first-order valence-electron chi connectivity index (χ1n) is 7.80. The highest BCUT2D eigenvalue weighted by Crippen LogP contribution is 2.29. The first-order valence-corrected chi connectivity index (χ1v) is 7.80. The van der Waals surface area contributed by atoms with Gasteiger partial charge in [-0.25, -0.2) is 9.18 Å². The number of amides is 2. The molecule has 8 heteroatoms. The average molecular weight is 334 g/mol. The Kier molecular flexibility index (Phi) is 4.75. The van der Waals surface area contributed by atoms with Crippen LogP contribution < -0.4 is 5.32 Å². The van der Waals surface area contributed by atoms with Crippen LogP contribution in [0.5, 0.6) is 0 Å². The molecule has 0 bridgehead atoms. The molecule has 1 aromatic carbocycles. The van der Waals surface area contributed by atoms with E-state index in [-0.39, 0.29) is 31.0 Å². The highest BCUT2D eigenvalue weighted by atomic mass is 19.1. The summed E-state index contributed by atoms with van der Waals surface area (Å²) in [5, 5.41) is 16.8. The molecule has 7 nitrogen and oxygen atoms in total. The van der Waals surface area contributed by atoms with Gasteiger partial charge in [0.2, 0.25) is 5.89 Å². The fourth-order valence-corrected chi connectivity index (χ4v) is 2.43. The highest BCUT2D eigenvalue weighted by molar-refractivity contribution is 5.74. The monoisotopic (exact) mass is 334 g/mol. The number of hydrogen-bond acceptors (Lipinski definition) is 5. The molecule has 1 heterocycles. The third-order valence-electron chi connectivity index (χ3n) is 3.84. The van der Waals surface area contributed by atoms with Crippen molar-refractivity contribution in [3.8, 4) is 0 Å². The molecule has 0 saturated heterocycles. The topological polar surface area (TPSA) is 91.5 Å². The van der Waals surface area contributed by atoms with Crippen molar-refractivity contribution in [3.05, 3.63) is 47.4 Å². The standard InChI is InChI=1S/C16H19FN4O3/c1-10-19-15(20-24-10)8-18-16(23)21(13-6-7-13)9-14(22)11-2-4-12(17)5-3-11/h2-5,13-14,22H,6-9H2,1H3,(H,18,23). The Bertz CT molecular complexity index is 700. The number of carbonyl (C=O) groups is 1. The molecular weight excluding hydrogens is 315 g/mol. The SMILES string of the molecule is Cc1nc(CNC(=O)N(CC(O)c2ccc(F)cc2)C2CC2)no1. The fraction of sp³-hybridized carbons (Fsp3) is 0.438. The van der Waals surface area contributed by atoms with E-state index in [1.807, 2.05) is 0 Å². The molecule has 2 N–H and O–H groups in total. The summed E-state index contributed by atoms with van der Waals surface area (Å²) in [5.74, 6) is 0.471. The maximum absolute atomic E-state index is 13.0. The van der Waals surface area contributed by atoms with Gasteiger partial charge in [0, 0.05) is 13.0 Å². The van der Waals surface area contributed by atoms with Crippen molar-refractivity contribution in [1.82, 2.24) is 20.4 Å². The number of carbonyl (C=O) groups excluding carboxylic acids is 1. The van der Waals surface area contributed by atoms with Crippen LogP contribution in [0.15, 0.2) is 28.8 Å². The number of aliphatic hydroxyl groups is 1. The average Bonchev–Trinajstić information content (AvgIpc) is 3.32. The second-order valence-corrected chi connectivity index (χ2v) is 5.84. The third kappa shape index (κ3) is 4.08. The van der Waals surface area contributed by atoms with Gasteiger partial charge in [0.1, 0.15) is 5.82 Å². The number of nitrogens with one attached hydrogen (secondary N) is 1. The number of benzene rings is 1. The van der Waals surface area contributed by atoms with Crippen molar-refractivity contribution in [2.45, 2.75) is 38.5 Å². The Labute approximate surface area is 138 Å². The minimum absolute atomic E-state index is 0.118. The summed E-state index contributed by atoms with van der Waals surface area (Å²) in [5.41, 5.74) is 0.573. The first-order chi connectivity index (χ1) is 11.5. The van der Waals surface area contributed by atoms with Gasteiger partial charge in [-0.15, -0.1) is 0 Å². The predicted octanol–water partition coefficient (Wildman–Crippen LogP) is 1.92. The molecule has 2 aromatic rings. The van der Waals surface area contributed by atoms with Crippen LogP contribution in [-0.2, 0) is 6.54 Å². The van der Waals surface area contributed by atoms with Gasteiger partial charge < -0.3 is 19.8 Å². The van der Waals surface area contributed by atoms with Crippen LogP contribution >= 0.6 is 0 Å². The van der Waals surface area contributed by atoms with Gasteiger partial charge in [-0.2, -0.15) is 4.98 Å². The number of aryl methyl sites for hydroxylation is 1. The lowest BCUT2D eigenvalue weighted by Crippen LogP contribution is -2.43. The quantitative estimate of drug-likeness (QED) is 0.842. The summed E-state index contributed by atoms with van der Waals surface area (Å²) in [7, 11) is 0. The predicted molar refractivity (Wildman–Crippen MR) is 82.4 cm³/mol. The fourth-order valence-electron chi connectivity index (χ4n) is 2.43. The Hall–Kier alpha value is -2.48. The van der Waals surface area contributed by atoms with Crippen LogP contribution in [0.4, 0.5) is 9.18 Å². The Morgan fingerprint density at radius 3 is 2.75 bits per heavy atom. The molecule has 1 fully saturated rings. The number of aromatic nitrogens is 2. The molecule has 0 spiro atoms. The molecular formula is C16H19FN4O3. The molecule has 128 valence electrons. The lowest BCUT2D eigenvalue weighted by atomic mass is 10.1. The number of nitrogens with zero attached hydrogens (tertiary/aromatic N) is 3. The van der Waals surface area contributed by atoms with Crippen LogP contribution in [0.2, 0.25) is 0 Å². The zero-order chi connectivity index (χ0) is 17.1. The normalized spacial score (nSPS) is 15.1. The molecule has 24 heavy (non-hydrogen) atoms. The molecule has 2 amide bonds. The Balaban J connectivity index is 1.59. The van der Waals surface area contributed by atoms with Crippen LogP contribution in [0, 0.1) is 12.7 Å². The van der Waals surface area contributed by atoms with Crippen molar-refractivity contribution in [3.63, 3.8) is 0 Å². The van der Waals surface area contributed by atoms with Crippen molar-refractivity contribution < 1.29 is 18.8 Å². The van der Waals surface area contributed by atoms with Gasteiger partial charge in [0.25, 0.3) is 0 Å². The van der Waals surface area contributed by atoms with E-state index in [9.17, 15) is 14.3 Å². The van der Waals surface area contributed by atoms with Crippen LogP contribution in [0.3, 0.4) is 0 Å². The van der Waals surface area contributed by atoms with Crippen molar-refractivity contribution in [2.24, 2.45) is 0 Å². The number of aliphatic hydroxyl groups excluding tert-OH is 1. The largest absolute Gasteiger partial charge is 0.387 e. The Morgan fingerprint density at radius 2 is 2.17 bits per heavy atom. The van der Waals surface area contributed by atoms with E-state index in [1.165, 1.54) is 24.3 Å². The maximum atomic E-state index is 13.0. The summed E-state index contributed by atoms with van der Waals surface area (Å²) in [6, 6.07) is 5.45. The second-order valence-electron chi connectivity index (χ2n) is 5.84. The van der Waals surface area contributed by atoms with E-state index >= 15 is 0 Å². The summed E-state index contributed by atoms with van der Waals surface area (Å²) in [4.78, 5) is 18.0. The molecule has 1 aromatic heterocycles. The van der Waals surface area contributed by atoms with E-state index in [2.05, 4.69) is 15.5 Å². The molecule has 0 aliphatic heterocycles. The third-order valence-corrected chi connectivity index (χ3v) is 3.84. The molecule has 1 aliphatic rings. The van der Waals surface area contributed by atoms with Crippen LogP contribution in [-0.4, -0.2) is 38.8 Å². The molecule has 3 rings (SSSR count). The molecule has 0 radical (unpaired) electrons.